The van der Waals surface area contributed by atoms with Crippen LogP contribution in [0.5, 0.6) is 0 Å². The van der Waals surface area contributed by atoms with Crippen molar-refractivity contribution in [1.82, 2.24) is 19.7 Å². The van der Waals surface area contributed by atoms with Gasteiger partial charge in [-0.05, 0) is 25.8 Å². The Labute approximate surface area is 142 Å². The average Bonchev–Trinajstić information content (AvgIpc) is 3.17. The number of anilines is 2. The lowest BCUT2D eigenvalue weighted by Gasteiger charge is -2.27. The molecular formula is C17H24N6O. The Balaban J connectivity index is 1.42. The molecule has 0 radical (unpaired) electrons. The molecule has 7 heteroatoms. The van der Waals surface area contributed by atoms with Crippen LogP contribution >= 0.6 is 0 Å². The Hall–Kier alpha value is -2.15. The minimum atomic E-state index is 0.310. The Kier molecular flexibility index (Phi) is 4.10. The van der Waals surface area contributed by atoms with Gasteiger partial charge in [0.05, 0.1) is 13.2 Å². The normalized spacial score (nSPS) is 19.3. The van der Waals surface area contributed by atoms with Crippen molar-refractivity contribution in [2.45, 2.75) is 26.3 Å². The van der Waals surface area contributed by atoms with Crippen molar-refractivity contribution < 1.29 is 4.74 Å². The third kappa shape index (κ3) is 3.51. The zero-order chi connectivity index (χ0) is 16.4. The fourth-order valence-corrected chi connectivity index (χ4v) is 3.13. The average molecular weight is 328 g/mol. The summed E-state index contributed by atoms with van der Waals surface area (Å²) in [6, 6.07) is 4.00. The maximum atomic E-state index is 5.41. The van der Waals surface area contributed by atoms with Crippen molar-refractivity contribution in [3.8, 4) is 0 Å². The third-order valence-corrected chi connectivity index (χ3v) is 4.79. The van der Waals surface area contributed by atoms with Crippen molar-refractivity contribution in [2.75, 3.05) is 43.1 Å². The summed E-state index contributed by atoms with van der Waals surface area (Å²) < 4.78 is 7.44. The smallest absolute Gasteiger partial charge is 0.227 e. The van der Waals surface area contributed by atoms with E-state index in [1.807, 2.05) is 36.1 Å². The number of nitrogens with zero attached hydrogens (tertiary/aromatic N) is 5. The first-order valence-corrected chi connectivity index (χ1v) is 8.62. The zero-order valence-corrected chi connectivity index (χ0v) is 14.1. The standard InChI is InChI=1S/C17H24N6O/c1-14-11-15(21-16(20-14)22-7-9-24-10-8-22)18-12-17(3-4-17)13-23-6-2-5-19-23/h2,5-6,11H,3-4,7-10,12-13H2,1H3,(H,18,20,21). The molecule has 4 rings (SSSR count). The van der Waals surface area contributed by atoms with Crippen molar-refractivity contribution >= 4 is 11.8 Å². The number of aryl methyl sites for hydroxylation is 1. The molecule has 0 unspecified atom stereocenters. The lowest BCUT2D eigenvalue weighted by molar-refractivity contribution is 0.122. The van der Waals surface area contributed by atoms with Gasteiger partial charge in [0.25, 0.3) is 0 Å². The highest BCUT2D eigenvalue weighted by Crippen LogP contribution is 2.46. The molecule has 2 aromatic rings. The largest absolute Gasteiger partial charge is 0.378 e. The van der Waals surface area contributed by atoms with Gasteiger partial charge in [-0.25, -0.2) is 4.98 Å². The molecule has 2 fully saturated rings. The highest BCUT2D eigenvalue weighted by Gasteiger charge is 2.43. The van der Waals surface area contributed by atoms with E-state index in [4.69, 9.17) is 9.72 Å². The fourth-order valence-electron chi connectivity index (χ4n) is 3.13. The third-order valence-electron chi connectivity index (χ3n) is 4.79. The second-order valence-corrected chi connectivity index (χ2v) is 6.85. The molecule has 2 aliphatic rings. The van der Waals surface area contributed by atoms with Crippen molar-refractivity contribution in [2.24, 2.45) is 5.41 Å². The van der Waals surface area contributed by atoms with Crippen LogP contribution in [0.2, 0.25) is 0 Å². The molecule has 0 amide bonds. The number of aromatic nitrogens is 4. The van der Waals surface area contributed by atoms with E-state index < -0.39 is 0 Å². The molecule has 7 nitrogen and oxygen atoms in total. The number of ether oxygens (including phenoxy) is 1. The van der Waals surface area contributed by atoms with Crippen molar-refractivity contribution in [3.63, 3.8) is 0 Å². The van der Waals surface area contributed by atoms with Gasteiger partial charge in [0.2, 0.25) is 5.95 Å². The number of morpholine rings is 1. The maximum Gasteiger partial charge on any atom is 0.227 e. The topological polar surface area (TPSA) is 68.1 Å². The monoisotopic (exact) mass is 328 g/mol. The molecule has 1 aliphatic heterocycles. The summed E-state index contributed by atoms with van der Waals surface area (Å²) in [5, 5.41) is 7.86. The van der Waals surface area contributed by atoms with Gasteiger partial charge in [0.1, 0.15) is 5.82 Å². The molecule has 1 N–H and O–H groups in total. The minimum absolute atomic E-state index is 0.310. The predicted molar refractivity (Wildman–Crippen MR) is 92.2 cm³/mol. The molecule has 1 saturated carbocycles. The highest BCUT2D eigenvalue weighted by molar-refractivity contribution is 5.44. The van der Waals surface area contributed by atoms with Gasteiger partial charge in [-0.3, -0.25) is 4.68 Å². The fraction of sp³-hybridized carbons (Fsp3) is 0.588. The van der Waals surface area contributed by atoms with E-state index in [-0.39, 0.29) is 0 Å². The quantitative estimate of drug-likeness (QED) is 0.871. The Bertz CT molecular complexity index is 676. The SMILES string of the molecule is Cc1cc(NCC2(Cn3cccn3)CC2)nc(N2CCOCC2)n1. The van der Waals surface area contributed by atoms with Crippen LogP contribution in [0, 0.1) is 12.3 Å². The Morgan fingerprint density at radius 2 is 2.08 bits per heavy atom. The molecule has 0 atom stereocenters. The van der Waals surface area contributed by atoms with Crippen LogP contribution in [0.4, 0.5) is 11.8 Å². The lowest BCUT2D eigenvalue weighted by atomic mass is 10.1. The van der Waals surface area contributed by atoms with E-state index in [2.05, 4.69) is 20.3 Å². The summed E-state index contributed by atoms with van der Waals surface area (Å²) in [6.45, 7) is 7.10. The van der Waals surface area contributed by atoms with E-state index in [9.17, 15) is 0 Å². The van der Waals surface area contributed by atoms with Crippen LogP contribution in [0.3, 0.4) is 0 Å². The second kappa shape index (κ2) is 6.39. The van der Waals surface area contributed by atoms with Gasteiger partial charge in [-0.1, -0.05) is 0 Å². The minimum Gasteiger partial charge on any atom is -0.378 e. The van der Waals surface area contributed by atoms with E-state index in [1.54, 1.807) is 0 Å². The first-order valence-electron chi connectivity index (χ1n) is 8.62. The molecular weight excluding hydrogens is 304 g/mol. The molecule has 0 spiro atoms. The van der Waals surface area contributed by atoms with Crippen LogP contribution in [-0.4, -0.2) is 52.6 Å². The summed E-state index contributed by atoms with van der Waals surface area (Å²) in [5.41, 5.74) is 1.30. The summed E-state index contributed by atoms with van der Waals surface area (Å²) in [5.74, 6) is 1.72. The summed E-state index contributed by atoms with van der Waals surface area (Å²) in [7, 11) is 0. The Morgan fingerprint density at radius 3 is 2.79 bits per heavy atom. The molecule has 0 aromatic carbocycles. The molecule has 0 bridgehead atoms. The molecule has 3 heterocycles. The lowest BCUT2D eigenvalue weighted by Crippen LogP contribution is -2.37. The number of nitrogens with one attached hydrogen (secondary N) is 1. The first kappa shape index (κ1) is 15.4. The molecule has 128 valence electrons. The maximum absolute atomic E-state index is 5.41. The van der Waals surface area contributed by atoms with Gasteiger partial charge >= 0.3 is 0 Å². The van der Waals surface area contributed by atoms with Crippen molar-refractivity contribution in [1.29, 1.82) is 0 Å². The molecule has 2 aromatic heterocycles. The van der Waals surface area contributed by atoms with Gasteiger partial charge in [-0.15, -0.1) is 0 Å². The van der Waals surface area contributed by atoms with E-state index >= 15 is 0 Å². The van der Waals surface area contributed by atoms with Gasteiger partial charge < -0.3 is 15.0 Å². The van der Waals surface area contributed by atoms with Crippen LogP contribution in [0.1, 0.15) is 18.5 Å². The summed E-state index contributed by atoms with van der Waals surface area (Å²) in [6.07, 6.45) is 6.35. The number of rotatable bonds is 6. The van der Waals surface area contributed by atoms with Crippen LogP contribution in [0.15, 0.2) is 24.5 Å². The molecule has 1 aliphatic carbocycles. The van der Waals surface area contributed by atoms with Gasteiger partial charge in [0.15, 0.2) is 0 Å². The van der Waals surface area contributed by atoms with Crippen molar-refractivity contribution in [3.05, 3.63) is 30.2 Å². The number of hydrogen-bond acceptors (Lipinski definition) is 6. The van der Waals surface area contributed by atoms with Crippen LogP contribution in [0.25, 0.3) is 0 Å². The first-order chi connectivity index (χ1) is 11.7. The summed E-state index contributed by atoms with van der Waals surface area (Å²) in [4.78, 5) is 11.5. The zero-order valence-electron chi connectivity index (χ0n) is 14.1. The molecule has 1 saturated heterocycles. The van der Waals surface area contributed by atoms with Crippen LogP contribution < -0.4 is 10.2 Å². The second-order valence-electron chi connectivity index (χ2n) is 6.85. The van der Waals surface area contributed by atoms with Gasteiger partial charge in [-0.2, -0.15) is 10.1 Å². The van der Waals surface area contributed by atoms with E-state index in [1.165, 1.54) is 12.8 Å². The number of hydrogen-bond donors (Lipinski definition) is 1. The van der Waals surface area contributed by atoms with Crippen LogP contribution in [-0.2, 0) is 11.3 Å². The molecule has 24 heavy (non-hydrogen) atoms. The van der Waals surface area contributed by atoms with E-state index in [0.717, 1.165) is 56.9 Å². The highest BCUT2D eigenvalue weighted by atomic mass is 16.5. The van der Waals surface area contributed by atoms with Gasteiger partial charge in [0, 0.05) is 55.7 Å². The Morgan fingerprint density at radius 1 is 1.25 bits per heavy atom. The predicted octanol–water partition coefficient (Wildman–Crippen LogP) is 1.71. The van der Waals surface area contributed by atoms with E-state index in [0.29, 0.717) is 5.41 Å². The summed E-state index contributed by atoms with van der Waals surface area (Å²) >= 11 is 0.